The average Bonchev–Trinajstić information content (AvgIpc) is 3.33. The van der Waals surface area contributed by atoms with Crippen LogP contribution in [0.25, 0.3) is 0 Å². The van der Waals surface area contributed by atoms with E-state index in [0.717, 1.165) is 18.4 Å². The molecule has 8 nitrogen and oxygen atoms in total. The molecule has 1 aromatic heterocycles. The van der Waals surface area contributed by atoms with Crippen LogP contribution in [0.4, 0.5) is 15.9 Å². The van der Waals surface area contributed by atoms with Gasteiger partial charge in [-0.25, -0.2) is 14.4 Å². The van der Waals surface area contributed by atoms with E-state index < -0.39 is 12.0 Å². The molecule has 2 aromatic carbocycles. The molecule has 0 unspecified atom stereocenters. The van der Waals surface area contributed by atoms with Crippen LogP contribution >= 0.6 is 0 Å². The molecule has 1 aliphatic rings. The third-order valence-electron chi connectivity index (χ3n) is 5.23. The summed E-state index contributed by atoms with van der Waals surface area (Å²) < 4.78 is 18.9. The highest BCUT2D eigenvalue weighted by atomic mass is 19.1. The van der Waals surface area contributed by atoms with E-state index in [4.69, 9.17) is 10.5 Å². The zero-order chi connectivity index (χ0) is 23.2. The number of anilines is 2. The van der Waals surface area contributed by atoms with Crippen LogP contribution in [-0.4, -0.2) is 34.5 Å². The highest BCUT2D eigenvalue weighted by Crippen LogP contribution is 2.19. The number of carbonyl (C=O) groups is 2. The third kappa shape index (κ3) is 5.89. The maximum Gasteiger partial charge on any atom is 0.254 e. The van der Waals surface area contributed by atoms with Crippen LogP contribution in [0.5, 0.6) is 0 Å². The molecule has 0 spiro atoms. The molecule has 0 radical (unpaired) electrons. The minimum Gasteiger partial charge on any atom is -0.368 e. The van der Waals surface area contributed by atoms with E-state index >= 15 is 0 Å². The van der Waals surface area contributed by atoms with Crippen molar-refractivity contribution in [3.8, 4) is 0 Å². The summed E-state index contributed by atoms with van der Waals surface area (Å²) in [6.07, 6.45) is 2.94. The first-order valence-electron chi connectivity index (χ1n) is 10.6. The summed E-state index contributed by atoms with van der Waals surface area (Å²) in [5.41, 5.74) is 7.84. The second kappa shape index (κ2) is 10.2. The Balaban J connectivity index is 1.48. The van der Waals surface area contributed by atoms with Gasteiger partial charge >= 0.3 is 0 Å². The molecule has 1 saturated heterocycles. The number of benzene rings is 2. The Kier molecular flexibility index (Phi) is 6.89. The Bertz CT molecular complexity index is 1160. The number of carbonyl (C=O) groups excluding carboxylic acids is 2. The topological polar surface area (TPSA) is 119 Å². The minimum absolute atomic E-state index is 0.146. The molecule has 3 aromatic rings. The van der Waals surface area contributed by atoms with Gasteiger partial charge in [-0.1, -0.05) is 24.3 Å². The van der Waals surface area contributed by atoms with Crippen molar-refractivity contribution in [2.75, 3.05) is 17.2 Å². The van der Waals surface area contributed by atoms with Crippen molar-refractivity contribution in [1.29, 1.82) is 0 Å². The second-order valence-corrected chi connectivity index (χ2v) is 7.76. The first-order valence-corrected chi connectivity index (χ1v) is 10.6. The number of primary amides is 1. The van der Waals surface area contributed by atoms with Crippen molar-refractivity contribution in [2.24, 2.45) is 5.73 Å². The molecule has 2 amide bonds. The maximum absolute atomic E-state index is 13.4. The number of aromatic nitrogens is 2. The lowest BCUT2D eigenvalue weighted by Crippen LogP contribution is -2.26. The lowest BCUT2D eigenvalue weighted by Gasteiger charge is -2.12. The van der Waals surface area contributed by atoms with Gasteiger partial charge in [0, 0.05) is 31.5 Å². The molecule has 4 N–H and O–H groups in total. The van der Waals surface area contributed by atoms with Crippen LogP contribution < -0.4 is 16.4 Å². The van der Waals surface area contributed by atoms with Gasteiger partial charge < -0.3 is 21.1 Å². The van der Waals surface area contributed by atoms with Crippen LogP contribution in [0.2, 0.25) is 0 Å². The predicted octanol–water partition coefficient (Wildman–Crippen LogP) is 3.04. The van der Waals surface area contributed by atoms with Gasteiger partial charge in [0.1, 0.15) is 23.6 Å². The Labute approximate surface area is 190 Å². The van der Waals surface area contributed by atoms with Crippen LogP contribution in [-0.2, 0) is 22.5 Å². The van der Waals surface area contributed by atoms with Gasteiger partial charge in [-0.3, -0.25) is 9.59 Å². The molecule has 4 rings (SSSR count). The number of hydrogen-bond donors (Lipinski definition) is 3. The fourth-order valence-electron chi connectivity index (χ4n) is 3.60. The summed E-state index contributed by atoms with van der Waals surface area (Å²) in [4.78, 5) is 32.8. The molecule has 33 heavy (non-hydrogen) atoms. The van der Waals surface area contributed by atoms with Crippen LogP contribution in [0.3, 0.4) is 0 Å². The number of nitrogens with two attached hydrogens (primary N) is 1. The summed E-state index contributed by atoms with van der Waals surface area (Å²) in [6, 6.07) is 13.5. The van der Waals surface area contributed by atoms with Crippen LogP contribution in [0, 0.1) is 5.82 Å². The van der Waals surface area contributed by atoms with E-state index in [-0.39, 0.29) is 29.7 Å². The third-order valence-corrected chi connectivity index (χ3v) is 5.23. The fourth-order valence-corrected chi connectivity index (χ4v) is 3.60. The van der Waals surface area contributed by atoms with Crippen molar-refractivity contribution in [3.63, 3.8) is 0 Å². The van der Waals surface area contributed by atoms with Crippen LogP contribution in [0.15, 0.2) is 54.7 Å². The van der Waals surface area contributed by atoms with Crippen molar-refractivity contribution in [2.45, 2.75) is 31.9 Å². The smallest absolute Gasteiger partial charge is 0.254 e. The Morgan fingerprint density at radius 1 is 1.15 bits per heavy atom. The van der Waals surface area contributed by atoms with E-state index in [1.165, 1.54) is 18.3 Å². The Hall–Kier alpha value is -3.85. The highest BCUT2D eigenvalue weighted by Gasteiger charge is 2.23. The summed E-state index contributed by atoms with van der Waals surface area (Å²) in [5, 5.41) is 5.92. The van der Waals surface area contributed by atoms with E-state index in [2.05, 4.69) is 20.6 Å². The molecule has 0 saturated carbocycles. The molecule has 0 bridgehead atoms. The van der Waals surface area contributed by atoms with E-state index in [0.29, 0.717) is 30.1 Å². The largest absolute Gasteiger partial charge is 0.368 e. The SMILES string of the molecule is NC(=O)c1cnc(Cc2cccc(NC(=O)[C@@H]3CCCO3)c2)nc1NCc1cccc(F)c1. The van der Waals surface area contributed by atoms with Gasteiger partial charge in [-0.05, 0) is 48.2 Å². The van der Waals surface area contributed by atoms with Crippen molar-refractivity contribution < 1.29 is 18.7 Å². The number of nitrogens with zero attached hydrogens (tertiary/aromatic N) is 2. The lowest BCUT2D eigenvalue weighted by atomic mass is 10.1. The highest BCUT2D eigenvalue weighted by molar-refractivity contribution is 5.97. The molecule has 0 aliphatic carbocycles. The molecule has 2 heterocycles. The van der Waals surface area contributed by atoms with Crippen LogP contribution in [0.1, 0.15) is 40.2 Å². The summed E-state index contributed by atoms with van der Waals surface area (Å²) in [7, 11) is 0. The van der Waals surface area contributed by atoms with Crippen molar-refractivity contribution >= 4 is 23.3 Å². The normalized spacial score (nSPS) is 15.2. The zero-order valence-electron chi connectivity index (χ0n) is 17.9. The average molecular weight is 449 g/mol. The predicted molar refractivity (Wildman–Crippen MR) is 121 cm³/mol. The lowest BCUT2D eigenvalue weighted by molar-refractivity contribution is -0.124. The molecular weight excluding hydrogens is 425 g/mol. The number of halogens is 1. The first-order chi connectivity index (χ1) is 16.0. The standard InChI is InChI=1S/C24H24FN5O3/c25-17-6-1-5-16(10-17)13-28-23-19(22(26)31)14-27-21(30-23)12-15-4-2-7-18(11-15)29-24(32)20-8-3-9-33-20/h1-2,4-7,10-11,14,20H,3,8-9,12-13H2,(H2,26,31)(H,29,32)(H,27,28,30)/t20-/m0/s1. The molecule has 170 valence electrons. The number of amides is 2. The van der Waals surface area contributed by atoms with E-state index in [1.807, 2.05) is 18.2 Å². The zero-order valence-corrected chi connectivity index (χ0v) is 17.9. The summed E-state index contributed by atoms with van der Waals surface area (Å²) in [5.74, 6) is -0.430. The van der Waals surface area contributed by atoms with Crippen molar-refractivity contribution in [1.82, 2.24) is 9.97 Å². The molecule has 1 aliphatic heterocycles. The van der Waals surface area contributed by atoms with Gasteiger partial charge in [0.05, 0.1) is 5.56 Å². The van der Waals surface area contributed by atoms with E-state index in [9.17, 15) is 14.0 Å². The monoisotopic (exact) mass is 449 g/mol. The van der Waals surface area contributed by atoms with Gasteiger partial charge in [0.25, 0.3) is 11.8 Å². The minimum atomic E-state index is -0.665. The number of ether oxygens (including phenoxy) is 1. The van der Waals surface area contributed by atoms with Gasteiger partial charge in [0.2, 0.25) is 0 Å². The number of rotatable bonds is 8. The quantitative estimate of drug-likeness (QED) is 0.486. The molecule has 1 atom stereocenters. The van der Waals surface area contributed by atoms with Gasteiger partial charge in [-0.15, -0.1) is 0 Å². The first kappa shape index (κ1) is 22.3. The number of hydrogen-bond acceptors (Lipinski definition) is 6. The molecule has 9 heteroatoms. The van der Waals surface area contributed by atoms with Gasteiger partial charge in [-0.2, -0.15) is 0 Å². The number of nitrogens with one attached hydrogen (secondary N) is 2. The van der Waals surface area contributed by atoms with Gasteiger partial charge in [0.15, 0.2) is 0 Å². The Morgan fingerprint density at radius 2 is 1.97 bits per heavy atom. The summed E-state index contributed by atoms with van der Waals surface area (Å²) >= 11 is 0. The molecular formula is C24H24FN5O3. The maximum atomic E-state index is 13.4. The fraction of sp³-hybridized carbons (Fsp3) is 0.250. The second-order valence-electron chi connectivity index (χ2n) is 7.76. The Morgan fingerprint density at radius 3 is 2.73 bits per heavy atom. The molecule has 1 fully saturated rings. The van der Waals surface area contributed by atoms with E-state index in [1.54, 1.807) is 18.2 Å². The van der Waals surface area contributed by atoms with Crippen molar-refractivity contribution in [3.05, 3.63) is 83.1 Å². The summed E-state index contributed by atoms with van der Waals surface area (Å²) in [6.45, 7) is 0.867.